The zero-order chi connectivity index (χ0) is 18.5. The molecule has 9 heteroatoms. The Balaban J connectivity index is 2.64. The predicted octanol–water partition coefficient (Wildman–Crippen LogP) is 2.20. The molecule has 0 aliphatic rings. The lowest BCUT2D eigenvalue weighted by Gasteiger charge is -2.16. The van der Waals surface area contributed by atoms with Crippen molar-refractivity contribution in [3.63, 3.8) is 0 Å². The van der Waals surface area contributed by atoms with Crippen molar-refractivity contribution >= 4 is 21.9 Å². The van der Waals surface area contributed by atoms with E-state index in [9.17, 15) is 22.8 Å². The monoisotopic (exact) mass is 353 g/mol. The van der Waals surface area contributed by atoms with Gasteiger partial charge in [-0.1, -0.05) is 0 Å². The summed E-state index contributed by atoms with van der Waals surface area (Å²) in [7, 11) is 2.41. The number of fused-ring (bicyclic) bond motifs is 2. The molecule has 0 spiro atoms. The van der Waals surface area contributed by atoms with Gasteiger partial charge in [0.2, 0.25) is 0 Å². The first-order valence-corrected chi connectivity index (χ1v) is 7.40. The average Bonchev–Trinajstić information content (AvgIpc) is 2.55. The topological polar surface area (TPSA) is 66.1 Å². The summed E-state index contributed by atoms with van der Waals surface area (Å²) in [6, 6.07) is 4.07. The number of benzene rings is 1. The van der Waals surface area contributed by atoms with E-state index >= 15 is 0 Å². The van der Waals surface area contributed by atoms with Gasteiger partial charge in [0.05, 0.1) is 23.1 Å². The first-order chi connectivity index (χ1) is 11.7. The van der Waals surface area contributed by atoms with Gasteiger partial charge in [0, 0.05) is 19.5 Å². The number of halogens is 3. The predicted molar refractivity (Wildman–Crippen MR) is 85.9 cm³/mol. The van der Waals surface area contributed by atoms with Gasteiger partial charge in [-0.2, -0.15) is 13.2 Å². The lowest BCUT2D eigenvalue weighted by molar-refractivity contribution is -0.135. The summed E-state index contributed by atoms with van der Waals surface area (Å²) < 4.78 is 48.2. The highest BCUT2D eigenvalue weighted by Crippen LogP contribution is 2.38. The number of hydrogen-bond acceptors (Lipinski definition) is 4. The third-order valence-corrected chi connectivity index (χ3v) is 3.94. The Morgan fingerprint density at radius 3 is 2.44 bits per heavy atom. The quantitative estimate of drug-likeness (QED) is 0.663. The summed E-state index contributed by atoms with van der Waals surface area (Å²) in [5.74, 6) is 0.239. The summed E-state index contributed by atoms with van der Waals surface area (Å²) in [5.41, 5.74) is -3.20. The van der Waals surface area contributed by atoms with E-state index in [1.807, 2.05) is 0 Å². The fraction of sp³-hybridized carbons (Fsp3) is 0.312. The Morgan fingerprint density at radius 2 is 1.84 bits per heavy atom. The normalized spacial score (nSPS) is 12.1. The number of alkyl halides is 3. The summed E-state index contributed by atoms with van der Waals surface area (Å²) in [6.45, 7) is 1.99. The lowest BCUT2D eigenvalue weighted by Crippen LogP contribution is -2.38. The minimum Gasteiger partial charge on any atom is -0.494 e. The number of aryl methyl sites for hydroxylation is 1. The minimum atomic E-state index is -4.81. The van der Waals surface area contributed by atoms with Gasteiger partial charge < -0.3 is 4.74 Å². The van der Waals surface area contributed by atoms with Crippen LogP contribution in [0.2, 0.25) is 0 Å². The molecule has 25 heavy (non-hydrogen) atoms. The van der Waals surface area contributed by atoms with Crippen LogP contribution < -0.4 is 16.0 Å². The van der Waals surface area contributed by atoms with Gasteiger partial charge in [-0.15, -0.1) is 0 Å². The molecule has 0 unspecified atom stereocenters. The van der Waals surface area contributed by atoms with Crippen LogP contribution in [0.15, 0.2) is 27.8 Å². The van der Waals surface area contributed by atoms with E-state index in [1.54, 1.807) is 6.92 Å². The molecular formula is C16H14F3N3O3. The van der Waals surface area contributed by atoms with Gasteiger partial charge >= 0.3 is 11.9 Å². The van der Waals surface area contributed by atoms with Gasteiger partial charge in [-0.25, -0.2) is 9.78 Å². The molecule has 132 valence electrons. The maximum absolute atomic E-state index is 13.8. The molecule has 0 atom stereocenters. The molecule has 0 N–H and O–H groups in total. The number of nitrogens with zero attached hydrogens (tertiary/aromatic N) is 3. The molecule has 0 fully saturated rings. The number of aromatic nitrogens is 3. The Labute approximate surface area is 139 Å². The van der Waals surface area contributed by atoms with Crippen LogP contribution in [0.1, 0.15) is 12.5 Å². The first kappa shape index (κ1) is 17.0. The lowest BCUT2D eigenvalue weighted by atomic mass is 10.0. The molecule has 6 nitrogen and oxygen atoms in total. The van der Waals surface area contributed by atoms with E-state index in [0.29, 0.717) is 4.57 Å². The fourth-order valence-corrected chi connectivity index (χ4v) is 2.80. The molecule has 0 saturated carbocycles. The molecular weight excluding hydrogens is 339 g/mol. The molecule has 1 aromatic carbocycles. The second-order valence-electron chi connectivity index (χ2n) is 5.50. The number of ether oxygens (including phenoxy) is 1. The first-order valence-electron chi connectivity index (χ1n) is 7.40. The van der Waals surface area contributed by atoms with Gasteiger partial charge in [-0.3, -0.25) is 13.9 Å². The number of hydrogen-bond donors (Lipinski definition) is 0. The van der Waals surface area contributed by atoms with E-state index in [-0.39, 0.29) is 28.9 Å². The molecule has 3 aromatic rings. The van der Waals surface area contributed by atoms with Crippen LogP contribution >= 0.6 is 0 Å². The van der Waals surface area contributed by atoms with Crippen LogP contribution in [0.3, 0.4) is 0 Å². The second-order valence-corrected chi connectivity index (χ2v) is 5.50. The smallest absolute Gasteiger partial charge is 0.417 e. The standard InChI is InChI=1S/C16H14F3N3O3/c1-4-25-8-5-6-10-9(7-8)12(16(17,18)19)11-13(20-10)21(2)15(24)22(3)14(11)23/h5-7H,4H2,1-3H3. The summed E-state index contributed by atoms with van der Waals surface area (Å²) >= 11 is 0. The molecule has 0 bridgehead atoms. The van der Waals surface area contributed by atoms with Crippen molar-refractivity contribution in [1.82, 2.24) is 14.1 Å². The highest BCUT2D eigenvalue weighted by Gasteiger charge is 2.37. The number of pyridine rings is 1. The van der Waals surface area contributed by atoms with E-state index < -0.39 is 28.4 Å². The van der Waals surface area contributed by atoms with Gasteiger partial charge in [-0.05, 0) is 25.1 Å². The Hall–Kier alpha value is -2.84. The second kappa shape index (κ2) is 5.61. The van der Waals surface area contributed by atoms with E-state index in [1.165, 1.54) is 25.2 Å². The highest BCUT2D eigenvalue weighted by molar-refractivity contribution is 5.97. The summed E-state index contributed by atoms with van der Waals surface area (Å²) in [5, 5.41) is -0.889. The molecule has 2 aromatic heterocycles. The van der Waals surface area contributed by atoms with Gasteiger partial charge in [0.1, 0.15) is 5.75 Å². The van der Waals surface area contributed by atoms with Gasteiger partial charge in [0.15, 0.2) is 5.65 Å². The Kier molecular flexibility index (Phi) is 3.81. The molecule has 0 aliphatic heterocycles. The van der Waals surface area contributed by atoms with Crippen LogP contribution in [0.25, 0.3) is 21.9 Å². The van der Waals surface area contributed by atoms with Crippen molar-refractivity contribution < 1.29 is 17.9 Å². The fourth-order valence-electron chi connectivity index (χ4n) is 2.80. The molecule has 0 amide bonds. The largest absolute Gasteiger partial charge is 0.494 e. The van der Waals surface area contributed by atoms with Crippen molar-refractivity contribution in [2.24, 2.45) is 14.1 Å². The maximum Gasteiger partial charge on any atom is 0.417 e. The SMILES string of the molecule is CCOc1ccc2nc3c(c(C(F)(F)F)c2c1)c(=O)n(C)c(=O)n3C. The van der Waals surface area contributed by atoms with Gasteiger partial charge in [0.25, 0.3) is 5.56 Å². The maximum atomic E-state index is 13.8. The Bertz CT molecular complexity index is 1110. The average molecular weight is 353 g/mol. The van der Waals surface area contributed by atoms with Crippen molar-refractivity contribution in [3.05, 3.63) is 44.6 Å². The third kappa shape index (κ3) is 2.55. The van der Waals surface area contributed by atoms with Crippen LogP contribution in [0.4, 0.5) is 13.2 Å². The van der Waals surface area contributed by atoms with E-state index in [2.05, 4.69) is 4.98 Å². The third-order valence-electron chi connectivity index (χ3n) is 3.94. The van der Waals surface area contributed by atoms with Crippen molar-refractivity contribution in [3.8, 4) is 5.75 Å². The van der Waals surface area contributed by atoms with Crippen LogP contribution in [-0.4, -0.2) is 20.7 Å². The van der Waals surface area contributed by atoms with E-state index in [4.69, 9.17) is 4.74 Å². The van der Waals surface area contributed by atoms with Crippen LogP contribution in [-0.2, 0) is 20.3 Å². The Morgan fingerprint density at radius 1 is 1.16 bits per heavy atom. The van der Waals surface area contributed by atoms with Crippen LogP contribution in [0, 0.1) is 0 Å². The van der Waals surface area contributed by atoms with Crippen molar-refractivity contribution in [2.75, 3.05) is 6.61 Å². The minimum absolute atomic E-state index is 0.0199. The summed E-state index contributed by atoms with van der Waals surface area (Å²) in [6.07, 6.45) is -4.81. The number of rotatable bonds is 2. The molecule has 2 heterocycles. The van der Waals surface area contributed by atoms with Crippen LogP contribution in [0.5, 0.6) is 5.75 Å². The zero-order valence-electron chi connectivity index (χ0n) is 13.6. The zero-order valence-corrected chi connectivity index (χ0v) is 13.6. The highest BCUT2D eigenvalue weighted by atomic mass is 19.4. The molecule has 0 radical (unpaired) electrons. The van der Waals surface area contributed by atoms with Crippen molar-refractivity contribution in [2.45, 2.75) is 13.1 Å². The molecule has 3 rings (SSSR count). The molecule has 0 aliphatic carbocycles. The molecule has 0 saturated heterocycles. The summed E-state index contributed by atoms with van der Waals surface area (Å²) in [4.78, 5) is 28.5. The van der Waals surface area contributed by atoms with Crippen molar-refractivity contribution in [1.29, 1.82) is 0 Å². The van der Waals surface area contributed by atoms with E-state index in [0.717, 1.165) is 11.6 Å².